The number of anilines is 2. The number of ether oxygens (including phenoxy) is 2. The van der Waals surface area contributed by atoms with Gasteiger partial charge in [-0.3, -0.25) is 4.99 Å². The number of benzene rings is 1. The Morgan fingerprint density at radius 2 is 1.97 bits per heavy atom. The average molecular weight is 554 g/mol. The van der Waals surface area contributed by atoms with Crippen LogP contribution in [-0.4, -0.2) is 56.4 Å². The second-order valence-corrected chi connectivity index (χ2v) is 6.04. The van der Waals surface area contributed by atoms with Crippen molar-refractivity contribution in [1.82, 2.24) is 15.3 Å². The summed E-state index contributed by atoms with van der Waals surface area (Å²) in [5, 5.41) is 8.92. The van der Waals surface area contributed by atoms with Gasteiger partial charge in [0.1, 0.15) is 11.4 Å². The van der Waals surface area contributed by atoms with E-state index in [-0.39, 0.29) is 29.9 Å². The van der Waals surface area contributed by atoms with Crippen LogP contribution in [0.3, 0.4) is 0 Å². The topological polar surface area (TPSA) is 92.7 Å². The Kier molecular flexibility index (Phi) is 11.9. The van der Waals surface area contributed by atoms with Crippen molar-refractivity contribution >= 4 is 41.6 Å². The molecule has 2 aromatic rings. The Morgan fingerprint density at radius 3 is 2.68 bits per heavy atom. The van der Waals surface area contributed by atoms with Crippen LogP contribution < -0.4 is 20.7 Å². The zero-order chi connectivity index (χ0) is 21.8. The lowest BCUT2D eigenvalue weighted by atomic mass is 10.3. The molecule has 12 heteroatoms. The van der Waals surface area contributed by atoms with Gasteiger partial charge in [-0.05, 0) is 18.2 Å². The molecular weight excluding hydrogens is 528 g/mol. The molecular formula is C19H26F3IN6O2. The molecule has 0 aliphatic rings. The molecule has 1 heterocycles. The highest BCUT2D eigenvalue weighted by molar-refractivity contribution is 14.0. The van der Waals surface area contributed by atoms with Gasteiger partial charge in [0, 0.05) is 58.2 Å². The largest absolute Gasteiger partial charge is 0.493 e. The van der Waals surface area contributed by atoms with E-state index in [9.17, 15) is 13.2 Å². The molecule has 0 aliphatic heterocycles. The third-order valence-corrected chi connectivity index (χ3v) is 3.73. The predicted octanol–water partition coefficient (Wildman–Crippen LogP) is 3.63. The first-order chi connectivity index (χ1) is 14.4. The van der Waals surface area contributed by atoms with Gasteiger partial charge in [-0.2, -0.15) is 13.2 Å². The highest BCUT2D eigenvalue weighted by Gasteiger charge is 2.32. The summed E-state index contributed by atoms with van der Waals surface area (Å²) < 4.78 is 48.7. The summed E-state index contributed by atoms with van der Waals surface area (Å²) in [5.74, 6) is 1.13. The van der Waals surface area contributed by atoms with Crippen LogP contribution in [0.1, 0.15) is 12.1 Å². The molecule has 172 valence electrons. The van der Waals surface area contributed by atoms with Crippen molar-refractivity contribution in [1.29, 1.82) is 0 Å². The Morgan fingerprint density at radius 1 is 1.16 bits per heavy atom. The molecule has 0 bridgehead atoms. The smallest absolute Gasteiger partial charge is 0.433 e. The van der Waals surface area contributed by atoms with E-state index in [2.05, 4.69) is 30.9 Å². The zero-order valence-corrected chi connectivity index (χ0v) is 19.5. The summed E-state index contributed by atoms with van der Waals surface area (Å²) in [6, 6.07) is 8.24. The van der Waals surface area contributed by atoms with Crippen LogP contribution in [0.15, 0.2) is 41.5 Å². The molecule has 0 saturated heterocycles. The summed E-state index contributed by atoms with van der Waals surface area (Å²) in [4.78, 5) is 11.4. The van der Waals surface area contributed by atoms with Crippen LogP contribution in [0.2, 0.25) is 0 Å². The average Bonchev–Trinajstić information content (AvgIpc) is 2.73. The number of alkyl halides is 3. The minimum absolute atomic E-state index is 0. The number of hydrogen-bond donors (Lipinski definition) is 3. The number of aliphatic imine (C=N–C) groups is 1. The maximum atomic E-state index is 12.7. The van der Waals surface area contributed by atoms with E-state index in [1.54, 1.807) is 14.2 Å². The van der Waals surface area contributed by atoms with E-state index in [4.69, 9.17) is 9.47 Å². The molecule has 0 spiro atoms. The Bertz CT molecular complexity index is 823. The zero-order valence-electron chi connectivity index (χ0n) is 17.2. The number of nitrogens with zero attached hydrogens (tertiary/aromatic N) is 3. The van der Waals surface area contributed by atoms with Gasteiger partial charge in [-0.15, -0.1) is 24.0 Å². The van der Waals surface area contributed by atoms with Crippen LogP contribution in [0.4, 0.5) is 24.8 Å². The van der Waals surface area contributed by atoms with E-state index in [0.717, 1.165) is 30.1 Å². The Balaban J connectivity index is 0.00000480. The highest BCUT2D eigenvalue weighted by atomic mass is 127. The number of methoxy groups -OCH3 is 1. The summed E-state index contributed by atoms with van der Waals surface area (Å²) in [5.41, 5.74) is -0.212. The number of hydrogen-bond acceptors (Lipinski definition) is 6. The van der Waals surface area contributed by atoms with E-state index in [1.165, 1.54) is 0 Å². The van der Waals surface area contributed by atoms with Crippen LogP contribution >= 0.6 is 24.0 Å². The Hall–Kier alpha value is -2.35. The summed E-state index contributed by atoms with van der Waals surface area (Å²) in [6.07, 6.45) is -2.65. The van der Waals surface area contributed by atoms with Crippen molar-refractivity contribution in [3.63, 3.8) is 0 Å². The molecule has 1 aromatic heterocycles. The molecule has 0 amide bonds. The van der Waals surface area contributed by atoms with Crippen molar-refractivity contribution in [3.05, 3.63) is 42.2 Å². The van der Waals surface area contributed by atoms with Gasteiger partial charge in [0.05, 0.1) is 6.61 Å². The van der Waals surface area contributed by atoms with Crippen molar-refractivity contribution in [2.24, 2.45) is 4.99 Å². The summed E-state index contributed by atoms with van der Waals surface area (Å²) >= 11 is 0. The number of guanidine groups is 1. The lowest BCUT2D eigenvalue weighted by Gasteiger charge is -2.14. The molecule has 0 radical (unpaired) electrons. The molecule has 31 heavy (non-hydrogen) atoms. The van der Waals surface area contributed by atoms with Gasteiger partial charge in [-0.1, -0.05) is 6.07 Å². The predicted molar refractivity (Wildman–Crippen MR) is 124 cm³/mol. The van der Waals surface area contributed by atoms with Crippen LogP contribution in [-0.2, 0) is 10.9 Å². The van der Waals surface area contributed by atoms with E-state index < -0.39 is 11.9 Å². The van der Waals surface area contributed by atoms with Crippen molar-refractivity contribution in [2.45, 2.75) is 12.6 Å². The first-order valence-corrected chi connectivity index (χ1v) is 9.26. The fourth-order valence-corrected chi connectivity index (χ4v) is 2.33. The third kappa shape index (κ3) is 10.0. The van der Waals surface area contributed by atoms with Crippen LogP contribution in [0.5, 0.6) is 5.75 Å². The maximum absolute atomic E-state index is 12.7. The molecule has 0 fully saturated rings. The molecule has 0 unspecified atom stereocenters. The fraction of sp³-hybridized carbons (Fsp3) is 0.421. The molecule has 0 atom stereocenters. The molecule has 3 N–H and O–H groups in total. The third-order valence-electron chi connectivity index (χ3n) is 3.73. The molecule has 8 nitrogen and oxygen atoms in total. The molecule has 1 aromatic carbocycles. The monoisotopic (exact) mass is 554 g/mol. The van der Waals surface area contributed by atoms with Crippen LogP contribution in [0, 0.1) is 0 Å². The second kappa shape index (κ2) is 13.9. The van der Waals surface area contributed by atoms with Crippen molar-refractivity contribution in [3.8, 4) is 5.75 Å². The quantitative estimate of drug-likeness (QED) is 0.179. The minimum atomic E-state index is -4.51. The van der Waals surface area contributed by atoms with Crippen molar-refractivity contribution in [2.75, 3.05) is 51.1 Å². The Labute approximate surface area is 196 Å². The van der Waals surface area contributed by atoms with E-state index in [1.807, 2.05) is 24.3 Å². The molecule has 2 rings (SSSR count). The lowest BCUT2D eigenvalue weighted by Crippen LogP contribution is -2.34. The molecule has 0 saturated carbocycles. The van der Waals surface area contributed by atoms with Crippen molar-refractivity contribution < 1.29 is 22.6 Å². The van der Waals surface area contributed by atoms with Gasteiger partial charge in [0.2, 0.25) is 5.95 Å². The molecule has 0 aliphatic carbocycles. The second-order valence-electron chi connectivity index (χ2n) is 6.04. The van der Waals surface area contributed by atoms with Gasteiger partial charge in [0.25, 0.3) is 0 Å². The van der Waals surface area contributed by atoms with Gasteiger partial charge >= 0.3 is 6.18 Å². The number of rotatable bonds is 10. The lowest BCUT2D eigenvalue weighted by molar-refractivity contribution is -0.141. The van der Waals surface area contributed by atoms with Gasteiger partial charge in [0.15, 0.2) is 5.96 Å². The normalized spacial score (nSPS) is 11.5. The van der Waals surface area contributed by atoms with Crippen LogP contribution in [0.25, 0.3) is 0 Å². The summed E-state index contributed by atoms with van der Waals surface area (Å²) in [7, 11) is 3.26. The standard InChI is InChI=1S/C19H25F3N6O2.HI/c1-23-17(27-14-5-3-6-15(13-14)30-12-4-11-29-2)25-9-10-26-18-24-8-7-16(28-18)19(20,21)22;/h3,5-8,13H,4,9-12H2,1-2H3,(H2,23,25,27)(H,24,26,28);1H. The summed E-state index contributed by atoms with van der Waals surface area (Å²) in [6.45, 7) is 1.86. The highest BCUT2D eigenvalue weighted by Crippen LogP contribution is 2.27. The first kappa shape index (κ1) is 26.7. The van der Waals surface area contributed by atoms with E-state index in [0.29, 0.717) is 32.3 Å². The van der Waals surface area contributed by atoms with Gasteiger partial charge < -0.3 is 25.4 Å². The SMILES string of the molecule is CN=C(NCCNc1nccc(C(F)(F)F)n1)Nc1cccc(OCCCOC)c1.I. The number of nitrogens with one attached hydrogen (secondary N) is 3. The number of halogens is 4. The first-order valence-electron chi connectivity index (χ1n) is 9.26. The van der Waals surface area contributed by atoms with Gasteiger partial charge in [-0.25, -0.2) is 9.97 Å². The number of aromatic nitrogens is 2. The maximum Gasteiger partial charge on any atom is 0.433 e. The fourth-order valence-electron chi connectivity index (χ4n) is 2.33. The minimum Gasteiger partial charge on any atom is -0.493 e. The van der Waals surface area contributed by atoms with E-state index >= 15 is 0 Å².